The summed E-state index contributed by atoms with van der Waals surface area (Å²) in [4.78, 5) is 38.2. The minimum Gasteiger partial charge on any atom is -0.466 e. The van der Waals surface area contributed by atoms with Gasteiger partial charge in [0.2, 0.25) is 0 Å². The molecule has 0 saturated carbocycles. The van der Waals surface area contributed by atoms with Crippen molar-refractivity contribution in [1.82, 2.24) is 0 Å². The molecule has 4 nitrogen and oxygen atoms in total. The molecule has 0 spiro atoms. The van der Waals surface area contributed by atoms with Crippen LogP contribution in [0.2, 0.25) is 0 Å². The van der Waals surface area contributed by atoms with Gasteiger partial charge in [-0.05, 0) is 12.5 Å². The second-order valence-electron chi connectivity index (χ2n) is 5.46. The Hall–Kier alpha value is -2.75. The topological polar surface area (TPSA) is 60.4 Å². The van der Waals surface area contributed by atoms with E-state index in [1.165, 1.54) is 0 Å². The van der Waals surface area contributed by atoms with Crippen molar-refractivity contribution in [2.24, 2.45) is 0 Å². The van der Waals surface area contributed by atoms with Gasteiger partial charge in [0, 0.05) is 11.1 Å². The number of rotatable bonds is 4. The standard InChI is InChI=1S/C19H16O4/c1-2-23-16(20)12-19(13-8-4-3-5-9-13)17(21)14-10-6-7-11-15(14)18(19)22/h3-11H,2,12H2,1H3. The maximum Gasteiger partial charge on any atom is 0.307 e. The van der Waals surface area contributed by atoms with Gasteiger partial charge in [0.25, 0.3) is 0 Å². The molecule has 0 unspecified atom stereocenters. The van der Waals surface area contributed by atoms with Crippen molar-refractivity contribution in [3.63, 3.8) is 0 Å². The normalized spacial score (nSPS) is 15.3. The molecule has 2 aromatic rings. The molecule has 0 fully saturated rings. The highest BCUT2D eigenvalue weighted by molar-refractivity contribution is 6.34. The van der Waals surface area contributed by atoms with Crippen molar-refractivity contribution in [3.05, 3.63) is 71.3 Å². The summed E-state index contributed by atoms with van der Waals surface area (Å²) in [6.07, 6.45) is -0.281. The summed E-state index contributed by atoms with van der Waals surface area (Å²) in [6, 6.07) is 15.4. The highest BCUT2D eigenvalue weighted by atomic mass is 16.5. The van der Waals surface area contributed by atoms with Crippen LogP contribution in [0.5, 0.6) is 0 Å². The van der Waals surface area contributed by atoms with Gasteiger partial charge in [-0.1, -0.05) is 54.6 Å². The van der Waals surface area contributed by atoms with Crippen LogP contribution in [0.15, 0.2) is 54.6 Å². The molecule has 0 aliphatic heterocycles. The molecule has 4 heteroatoms. The summed E-state index contributed by atoms with van der Waals surface area (Å²) in [5.41, 5.74) is -0.257. The molecule has 0 amide bonds. The van der Waals surface area contributed by atoms with E-state index in [4.69, 9.17) is 4.74 Å². The molecule has 0 atom stereocenters. The zero-order valence-corrected chi connectivity index (χ0v) is 12.7. The Labute approximate surface area is 134 Å². The van der Waals surface area contributed by atoms with Gasteiger partial charge in [-0.25, -0.2) is 0 Å². The number of hydrogen-bond donors (Lipinski definition) is 0. The van der Waals surface area contributed by atoms with Crippen LogP contribution in [0.4, 0.5) is 0 Å². The maximum absolute atomic E-state index is 13.0. The SMILES string of the molecule is CCOC(=O)CC1(c2ccccc2)C(=O)c2ccccc2C1=O. The van der Waals surface area contributed by atoms with Crippen LogP contribution >= 0.6 is 0 Å². The number of ether oxygens (including phenoxy) is 1. The Morgan fingerprint density at radius 3 is 1.96 bits per heavy atom. The molecule has 0 bridgehead atoms. The summed E-state index contributed by atoms with van der Waals surface area (Å²) < 4.78 is 5.00. The van der Waals surface area contributed by atoms with E-state index in [1.807, 2.05) is 0 Å². The van der Waals surface area contributed by atoms with Crippen LogP contribution in [0.3, 0.4) is 0 Å². The lowest BCUT2D eigenvalue weighted by Gasteiger charge is -2.25. The van der Waals surface area contributed by atoms with Gasteiger partial charge in [0.05, 0.1) is 13.0 Å². The second-order valence-corrected chi connectivity index (χ2v) is 5.46. The van der Waals surface area contributed by atoms with Gasteiger partial charge < -0.3 is 4.74 Å². The van der Waals surface area contributed by atoms with E-state index < -0.39 is 11.4 Å². The Morgan fingerprint density at radius 2 is 1.43 bits per heavy atom. The Balaban J connectivity index is 2.17. The van der Waals surface area contributed by atoms with Crippen molar-refractivity contribution in [2.75, 3.05) is 6.61 Å². The van der Waals surface area contributed by atoms with Crippen molar-refractivity contribution >= 4 is 17.5 Å². The molecule has 116 valence electrons. The fourth-order valence-corrected chi connectivity index (χ4v) is 3.12. The van der Waals surface area contributed by atoms with E-state index in [1.54, 1.807) is 61.5 Å². The van der Waals surface area contributed by atoms with E-state index in [0.717, 1.165) is 0 Å². The molecular weight excluding hydrogens is 292 g/mol. The fraction of sp³-hybridized carbons (Fsp3) is 0.211. The van der Waals surface area contributed by atoms with Crippen LogP contribution in [0, 0.1) is 0 Å². The van der Waals surface area contributed by atoms with Crippen molar-refractivity contribution < 1.29 is 19.1 Å². The number of benzene rings is 2. The lowest BCUT2D eigenvalue weighted by atomic mass is 9.73. The minimum atomic E-state index is -1.52. The van der Waals surface area contributed by atoms with Crippen LogP contribution in [0.1, 0.15) is 39.6 Å². The van der Waals surface area contributed by atoms with Crippen LogP contribution in [-0.4, -0.2) is 24.1 Å². The number of esters is 1. The summed E-state index contributed by atoms with van der Waals surface area (Å²) in [7, 11) is 0. The number of fused-ring (bicyclic) bond motifs is 1. The molecule has 0 aromatic heterocycles. The molecule has 2 aromatic carbocycles. The average Bonchev–Trinajstić information content (AvgIpc) is 2.79. The molecule has 0 N–H and O–H groups in total. The van der Waals surface area contributed by atoms with E-state index in [-0.39, 0.29) is 24.6 Å². The lowest BCUT2D eigenvalue weighted by Crippen LogP contribution is -2.41. The first kappa shape index (κ1) is 15.2. The first-order valence-corrected chi connectivity index (χ1v) is 7.51. The first-order chi connectivity index (χ1) is 11.1. The first-order valence-electron chi connectivity index (χ1n) is 7.51. The van der Waals surface area contributed by atoms with Crippen LogP contribution < -0.4 is 0 Å². The average molecular weight is 308 g/mol. The molecule has 0 saturated heterocycles. The van der Waals surface area contributed by atoms with Gasteiger partial charge in [0.1, 0.15) is 5.41 Å². The maximum atomic E-state index is 13.0. The summed E-state index contributed by atoms with van der Waals surface area (Å²) in [5.74, 6) is -1.22. The Bertz CT molecular complexity index is 742. The Morgan fingerprint density at radius 1 is 0.913 bits per heavy atom. The lowest BCUT2D eigenvalue weighted by molar-refractivity contribution is -0.143. The summed E-state index contributed by atoms with van der Waals surface area (Å²) in [6.45, 7) is 1.90. The van der Waals surface area contributed by atoms with Gasteiger partial charge in [-0.2, -0.15) is 0 Å². The molecule has 3 rings (SSSR count). The molecule has 23 heavy (non-hydrogen) atoms. The minimum absolute atomic E-state index is 0.207. The second kappa shape index (κ2) is 5.80. The monoisotopic (exact) mass is 308 g/mol. The number of carbonyl (C=O) groups is 3. The van der Waals surface area contributed by atoms with Crippen LogP contribution in [0.25, 0.3) is 0 Å². The largest absolute Gasteiger partial charge is 0.466 e. The van der Waals surface area contributed by atoms with Crippen molar-refractivity contribution in [2.45, 2.75) is 18.8 Å². The summed E-state index contributed by atoms with van der Waals surface area (Å²) >= 11 is 0. The molecule has 0 radical (unpaired) electrons. The van der Waals surface area contributed by atoms with Crippen molar-refractivity contribution in [1.29, 1.82) is 0 Å². The number of hydrogen-bond acceptors (Lipinski definition) is 4. The van der Waals surface area contributed by atoms with Gasteiger partial charge in [0.15, 0.2) is 11.6 Å². The zero-order chi connectivity index (χ0) is 16.4. The third-order valence-corrected chi connectivity index (χ3v) is 4.17. The third kappa shape index (κ3) is 2.27. The van der Waals surface area contributed by atoms with Crippen LogP contribution in [-0.2, 0) is 14.9 Å². The highest BCUT2D eigenvalue weighted by Crippen LogP contribution is 2.42. The van der Waals surface area contributed by atoms with Gasteiger partial charge >= 0.3 is 5.97 Å². The fourth-order valence-electron chi connectivity index (χ4n) is 3.12. The van der Waals surface area contributed by atoms with E-state index in [2.05, 4.69) is 0 Å². The third-order valence-electron chi connectivity index (χ3n) is 4.17. The predicted octanol–water partition coefficient (Wildman–Crippen LogP) is 2.96. The van der Waals surface area contributed by atoms with E-state index in [0.29, 0.717) is 16.7 Å². The molecule has 0 heterocycles. The quantitative estimate of drug-likeness (QED) is 0.643. The smallest absolute Gasteiger partial charge is 0.307 e. The number of ketones is 2. The molecular formula is C19H16O4. The van der Waals surface area contributed by atoms with E-state index >= 15 is 0 Å². The highest BCUT2D eigenvalue weighted by Gasteiger charge is 2.55. The predicted molar refractivity (Wildman–Crippen MR) is 84.5 cm³/mol. The number of carbonyl (C=O) groups excluding carboxylic acids is 3. The van der Waals surface area contributed by atoms with Gasteiger partial charge in [-0.3, -0.25) is 14.4 Å². The Kier molecular flexibility index (Phi) is 3.82. The molecule has 1 aliphatic carbocycles. The van der Waals surface area contributed by atoms with Crippen molar-refractivity contribution in [3.8, 4) is 0 Å². The van der Waals surface area contributed by atoms with E-state index in [9.17, 15) is 14.4 Å². The molecule has 1 aliphatic rings. The summed E-state index contributed by atoms with van der Waals surface area (Å²) in [5, 5.41) is 0. The number of Topliss-reactive ketones (excluding diaryl/α,β-unsaturated/α-hetero) is 2. The zero-order valence-electron chi connectivity index (χ0n) is 12.7. The van der Waals surface area contributed by atoms with Gasteiger partial charge in [-0.15, -0.1) is 0 Å².